The highest BCUT2D eigenvalue weighted by Crippen LogP contribution is 2.34. The van der Waals surface area contributed by atoms with Gasteiger partial charge in [-0.05, 0) is 43.4 Å². The van der Waals surface area contributed by atoms with Crippen LogP contribution in [-0.2, 0) is 0 Å². The average molecular weight is 312 g/mol. The van der Waals surface area contributed by atoms with Crippen LogP contribution in [0.4, 0.5) is 5.69 Å². The normalized spacial score (nSPS) is 21.7. The molecule has 0 spiro atoms. The Hall–Kier alpha value is -0.540. The molecular formula is C15H22BrNO. The summed E-state index contributed by atoms with van der Waals surface area (Å²) >= 11 is 3.48. The van der Waals surface area contributed by atoms with E-state index in [9.17, 15) is 5.11 Å². The summed E-state index contributed by atoms with van der Waals surface area (Å²) in [5.41, 5.74) is 2.21. The molecule has 3 heteroatoms. The molecule has 1 heterocycles. The lowest BCUT2D eigenvalue weighted by atomic mass is 9.95. The van der Waals surface area contributed by atoms with E-state index < -0.39 is 6.10 Å². The third-order valence-corrected chi connectivity index (χ3v) is 4.44. The Kier molecular flexibility index (Phi) is 4.33. The van der Waals surface area contributed by atoms with Crippen molar-refractivity contribution in [2.75, 3.05) is 18.0 Å². The van der Waals surface area contributed by atoms with Gasteiger partial charge in [0.1, 0.15) is 0 Å². The second-order valence-electron chi connectivity index (χ2n) is 5.62. The van der Waals surface area contributed by atoms with Crippen molar-refractivity contribution in [1.29, 1.82) is 0 Å². The minimum atomic E-state index is -0.421. The van der Waals surface area contributed by atoms with Crippen molar-refractivity contribution in [1.82, 2.24) is 0 Å². The molecule has 1 saturated heterocycles. The zero-order chi connectivity index (χ0) is 13.3. The van der Waals surface area contributed by atoms with Crippen molar-refractivity contribution < 1.29 is 5.11 Å². The number of nitrogens with zero attached hydrogens (tertiary/aromatic N) is 1. The van der Waals surface area contributed by atoms with Gasteiger partial charge in [-0.2, -0.15) is 0 Å². The van der Waals surface area contributed by atoms with Gasteiger partial charge >= 0.3 is 0 Å². The number of aliphatic hydroxyl groups excluding tert-OH is 1. The first-order chi connectivity index (χ1) is 8.49. The second-order valence-corrected chi connectivity index (χ2v) is 6.53. The van der Waals surface area contributed by atoms with Crippen molar-refractivity contribution in [2.45, 2.75) is 33.3 Å². The fraction of sp³-hybridized carbons (Fsp3) is 0.600. The lowest BCUT2D eigenvalue weighted by molar-refractivity contribution is 0.199. The molecule has 1 aromatic carbocycles. The van der Waals surface area contributed by atoms with E-state index in [2.05, 4.69) is 46.8 Å². The standard InChI is InChI=1S/C15H22BrNO/c1-10(2)12-6-7-17(9-12)15-5-4-13(16)8-14(15)11(3)18/h4-5,8,10-12,18H,6-7,9H2,1-3H3. The van der Waals surface area contributed by atoms with Gasteiger partial charge in [-0.3, -0.25) is 0 Å². The van der Waals surface area contributed by atoms with E-state index in [1.54, 1.807) is 0 Å². The van der Waals surface area contributed by atoms with Crippen molar-refractivity contribution in [3.05, 3.63) is 28.2 Å². The molecule has 0 amide bonds. The lowest BCUT2D eigenvalue weighted by Gasteiger charge is -2.24. The first-order valence-electron chi connectivity index (χ1n) is 6.71. The van der Waals surface area contributed by atoms with Gasteiger partial charge in [0.15, 0.2) is 0 Å². The number of halogens is 1. The van der Waals surface area contributed by atoms with Crippen LogP contribution in [-0.4, -0.2) is 18.2 Å². The molecular weight excluding hydrogens is 290 g/mol. The summed E-state index contributed by atoms with van der Waals surface area (Å²) in [6.45, 7) is 8.64. The Balaban J connectivity index is 2.24. The van der Waals surface area contributed by atoms with E-state index in [1.165, 1.54) is 12.1 Å². The predicted molar refractivity (Wildman–Crippen MR) is 79.9 cm³/mol. The molecule has 2 rings (SSSR count). The predicted octanol–water partition coefficient (Wildman–Crippen LogP) is 3.98. The molecule has 1 N–H and O–H groups in total. The van der Waals surface area contributed by atoms with Crippen LogP contribution < -0.4 is 4.90 Å². The number of anilines is 1. The summed E-state index contributed by atoms with van der Waals surface area (Å²) in [5, 5.41) is 9.92. The van der Waals surface area contributed by atoms with Crippen molar-refractivity contribution in [3.63, 3.8) is 0 Å². The van der Waals surface area contributed by atoms with E-state index in [0.29, 0.717) is 0 Å². The lowest BCUT2D eigenvalue weighted by Crippen LogP contribution is -2.22. The zero-order valence-corrected chi connectivity index (χ0v) is 12.9. The molecule has 0 aliphatic carbocycles. The highest BCUT2D eigenvalue weighted by Gasteiger charge is 2.26. The van der Waals surface area contributed by atoms with Gasteiger partial charge in [-0.1, -0.05) is 29.8 Å². The molecule has 1 aromatic rings. The fourth-order valence-corrected chi connectivity index (χ4v) is 3.08. The fourth-order valence-electron chi connectivity index (χ4n) is 2.70. The van der Waals surface area contributed by atoms with Crippen LogP contribution in [0, 0.1) is 11.8 Å². The second kappa shape index (κ2) is 5.62. The van der Waals surface area contributed by atoms with Crippen LogP contribution in [0.3, 0.4) is 0 Å². The molecule has 0 bridgehead atoms. The monoisotopic (exact) mass is 311 g/mol. The molecule has 0 radical (unpaired) electrons. The van der Waals surface area contributed by atoms with E-state index in [4.69, 9.17) is 0 Å². The van der Waals surface area contributed by atoms with Gasteiger partial charge < -0.3 is 10.0 Å². The molecule has 1 fully saturated rings. The quantitative estimate of drug-likeness (QED) is 0.912. The summed E-state index contributed by atoms with van der Waals surface area (Å²) in [6, 6.07) is 6.21. The van der Waals surface area contributed by atoms with E-state index >= 15 is 0 Å². The molecule has 0 aromatic heterocycles. The maximum absolute atomic E-state index is 9.92. The van der Waals surface area contributed by atoms with E-state index in [0.717, 1.165) is 35.0 Å². The van der Waals surface area contributed by atoms with Crippen LogP contribution in [0.5, 0.6) is 0 Å². The summed E-state index contributed by atoms with van der Waals surface area (Å²) in [5.74, 6) is 1.51. The summed E-state index contributed by atoms with van der Waals surface area (Å²) < 4.78 is 1.03. The van der Waals surface area contributed by atoms with Crippen LogP contribution in [0.2, 0.25) is 0 Å². The Labute approximate surface area is 118 Å². The van der Waals surface area contributed by atoms with Crippen LogP contribution in [0.15, 0.2) is 22.7 Å². The van der Waals surface area contributed by atoms with Crippen molar-refractivity contribution in [3.8, 4) is 0 Å². The Morgan fingerprint density at radius 1 is 1.33 bits per heavy atom. The van der Waals surface area contributed by atoms with E-state index in [-0.39, 0.29) is 0 Å². The maximum atomic E-state index is 9.92. The molecule has 2 atom stereocenters. The Bertz CT molecular complexity index is 417. The smallest absolute Gasteiger partial charge is 0.0782 e. The minimum absolute atomic E-state index is 0.421. The van der Waals surface area contributed by atoms with Crippen LogP contribution >= 0.6 is 15.9 Å². The van der Waals surface area contributed by atoms with Crippen molar-refractivity contribution in [2.24, 2.45) is 11.8 Å². The minimum Gasteiger partial charge on any atom is -0.389 e. The molecule has 0 saturated carbocycles. The van der Waals surface area contributed by atoms with Gasteiger partial charge in [-0.25, -0.2) is 0 Å². The molecule has 2 nitrogen and oxygen atoms in total. The van der Waals surface area contributed by atoms with Gasteiger partial charge in [0.25, 0.3) is 0 Å². The zero-order valence-electron chi connectivity index (χ0n) is 11.4. The van der Waals surface area contributed by atoms with Gasteiger partial charge in [0.2, 0.25) is 0 Å². The topological polar surface area (TPSA) is 23.5 Å². The third-order valence-electron chi connectivity index (χ3n) is 3.95. The number of rotatable bonds is 3. The van der Waals surface area contributed by atoms with E-state index in [1.807, 2.05) is 13.0 Å². The highest BCUT2D eigenvalue weighted by atomic mass is 79.9. The highest BCUT2D eigenvalue weighted by molar-refractivity contribution is 9.10. The first-order valence-corrected chi connectivity index (χ1v) is 7.50. The molecule has 18 heavy (non-hydrogen) atoms. The Morgan fingerprint density at radius 3 is 2.61 bits per heavy atom. The SMILES string of the molecule is CC(O)c1cc(Br)ccc1N1CCC(C(C)C)C1. The molecule has 2 unspecified atom stereocenters. The van der Waals surface area contributed by atoms with Crippen LogP contribution in [0.1, 0.15) is 38.9 Å². The van der Waals surface area contributed by atoms with Gasteiger partial charge in [0, 0.05) is 28.8 Å². The number of aliphatic hydroxyl groups is 1. The molecule has 100 valence electrons. The third kappa shape index (κ3) is 2.89. The van der Waals surface area contributed by atoms with Gasteiger partial charge in [-0.15, -0.1) is 0 Å². The maximum Gasteiger partial charge on any atom is 0.0782 e. The number of hydrogen-bond donors (Lipinski definition) is 1. The number of benzene rings is 1. The average Bonchev–Trinajstić information content (AvgIpc) is 2.78. The van der Waals surface area contributed by atoms with Crippen molar-refractivity contribution >= 4 is 21.6 Å². The van der Waals surface area contributed by atoms with Gasteiger partial charge in [0.05, 0.1) is 6.10 Å². The molecule has 1 aliphatic rings. The summed E-state index contributed by atoms with van der Waals surface area (Å²) in [6.07, 6.45) is 0.836. The Morgan fingerprint density at radius 2 is 2.06 bits per heavy atom. The van der Waals surface area contributed by atoms with Crippen LogP contribution in [0.25, 0.3) is 0 Å². The largest absolute Gasteiger partial charge is 0.389 e. The summed E-state index contributed by atoms with van der Waals surface area (Å²) in [4.78, 5) is 2.42. The first kappa shape index (κ1) is 13.9. The summed E-state index contributed by atoms with van der Waals surface area (Å²) in [7, 11) is 0. The number of hydrogen-bond acceptors (Lipinski definition) is 2. The molecule has 1 aliphatic heterocycles.